The minimum Gasteiger partial charge on any atom is -0.350 e. The number of carbonyl (C=O) groups is 1. The molecule has 1 amide bonds. The molecule has 0 saturated heterocycles. The van der Waals surface area contributed by atoms with Crippen LogP contribution in [0.25, 0.3) is 0 Å². The minimum absolute atomic E-state index is 0.0858. The van der Waals surface area contributed by atoms with Crippen LogP contribution in [0.4, 0.5) is 0 Å². The summed E-state index contributed by atoms with van der Waals surface area (Å²) < 4.78 is 0. The van der Waals surface area contributed by atoms with Gasteiger partial charge >= 0.3 is 0 Å². The van der Waals surface area contributed by atoms with E-state index in [0.29, 0.717) is 6.54 Å². The Kier molecular flexibility index (Phi) is 5.97. The van der Waals surface area contributed by atoms with Crippen molar-refractivity contribution in [3.05, 3.63) is 35.9 Å². The fourth-order valence-electron chi connectivity index (χ4n) is 2.98. The Labute approximate surface area is 129 Å². The maximum absolute atomic E-state index is 12.2. The molecule has 0 aliphatic heterocycles. The van der Waals surface area contributed by atoms with Crippen molar-refractivity contribution in [2.24, 2.45) is 5.41 Å². The predicted octanol–water partition coefficient (Wildman–Crippen LogP) is 3.45. The highest BCUT2D eigenvalue weighted by atomic mass is 16.2. The van der Waals surface area contributed by atoms with Crippen molar-refractivity contribution < 1.29 is 4.79 Å². The van der Waals surface area contributed by atoms with Crippen LogP contribution in [-0.4, -0.2) is 29.9 Å². The molecular formula is C18H30N2O. The van der Waals surface area contributed by atoms with Crippen LogP contribution < -0.4 is 5.32 Å². The standard InChI is InChI=1S/C18H30N2O/c1-17(2,3)14-18(4,5)19-16(21)13-20(6)12-15-10-8-7-9-11-15/h7-11H,12-14H2,1-6H3,(H,19,21). The first kappa shape index (κ1) is 17.7. The summed E-state index contributed by atoms with van der Waals surface area (Å²) in [7, 11) is 1.98. The third kappa shape index (κ3) is 7.86. The summed E-state index contributed by atoms with van der Waals surface area (Å²) in [6.07, 6.45) is 0.953. The highest BCUT2D eigenvalue weighted by Gasteiger charge is 2.27. The third-order valence-corrected chi connectivity index (χ3v) is 3.16. The average molecular weight is 290 g/mol. The van der Waals surface area contributed by atoms with E-state index in [1.807, 2.05) is 30.1 Å². The van der Waals surface area contributed by atoms with E-state index in [2.05, 4.69) is 52.1 Å². The average Bonchev–Trinajstić information content (AvgIpc) is 2.24. The quantitative estimate of drug-likeness (QED) is 0.870. The van der Waals surface area contributed by atoms with Crippen LogP contribution in [0.15, 0.2) is 30.3 Å². The van der Waals surface area contributed by atoms with Gasteiger partial charge in [0.05, 0.1) is 6.54 Å². The molecule has 0 fully saturated rings. The summed E-state index contributed by atoms with van der Waals surface area (Å²) >= 11 is 0. The highest BCUT2D eigenvalue weighted by Crippen LogP contribution is 2.26. The lowest BCUT2D eigenvalue weighted by Crippen LogP contribution is -2.48. The molecular weight excluding hydrogens is 260 g/mol. The minimum atomic E-state index is -0.178. The van der Waals surface area contributed by atoms with Crippen LogP contribution in [-0.2, 0) is 11.3 Å². The van der Waals surface area contributed by atoms with Gasteiger partial charge in [-0.25, -0.2) is 0 Å². The summed E-state index contributed by atoms with van der Waals surface area (Å²) in [4.78, 5) is 14.2. The van der Waals surface area contributed by atoms with Gasteiger partial charge in [0.25, 0.3) is 0 Å². The highest BCUT2D eigenvalue weighted by molar-refractivity contribution is 5.78. The lowest BCUT2D eigenvalue weighted by Gasteiger charge is -2.33. The molecule has 0 spiro atoms. The molecule has 21 heavy (non-hydrogen) atoms. The molecule has 0 aliphatic carbocycles. The number of likely N-dealkylation sites (N-methyl/N-ethyl adjacent to an activating group) is 1. The molecule has 0 bridgehead atoms. The summed E-state index contributed by atoms with van der Waals surface area (Å²) in [5, 5.41) is 3.15. The Balaban J connectivity index is 2.46. The van der Waals surface area contributed by atoms with Gasteiger partial charge in [-0.1, -0.05) is 51.1 Å². The first-order valence-electron chi connectivity index (χ1n) is 7.61. The number of amides is 1. The number of rotatable bonds is 6. The Morgan fingerprint density at radius 3 is 2.19 bits per heavy atom. The summed E-state index contributed by atoms with van der Waals surface area (Å²) in [6.45, 7) is 12.0. The molecule has 3 nitrogen and oxygen atoms in total. The van der Waals surface area contributed by atoms with E-state index in [0.717, 1.165) is 13.0 Å². The molecule has 0 aromatic heterocycles. The smallest absolute Gasteiger partial charge is 0.234 e. The zero-order valence-electron chi connectivity index (χ0n) is 14.4. The van der Waals surface area contributed by atoms with Crippen molar-refractivity contribution >= 4 is 5.91 Å². The molecule has 1 rings (SSSR count). The Morgan fingerprint density at radius 1 is 1.10 bits per heavy atom. The molecule has 0 heterocycles. The van der Waals surface area contributed by atoms with Gasteiger partial charge in [0.15, 0.2) is 0 Å². The van der Waals surface area contributed by atoms with E-state index >= 15 is 0 Å². The second kappa shape index (κ2) is 7.08. The van der Waals surface area contributed by atoms with Crippen molar-refractivity contribution in [2.75, 3.05) is 13.6 Å². The van der Waals surface area contributed by atoms with Crippen molar-refractivity contribution in [1.82, 2.24) is 10.2 Å². The van der Waals surface area contributed by atoms with E-state index in [4.69, 9.17) is 0 Å². The Morgan fingerprint density at radius 2 is 1.67 bits per heavy atom. The third-order valence-electron chi connectivity index (χ3n) is 3.16. The van der Waals surface area contributed by atoms with Crippen LogP contribution >= 0.6 is 0 Å². The number of hydrogen-bond acceptors (Lipinski definition) is 2. The maximum Gasteiger partial charge on any atom is 0.234 e. The van der Waals surface area contributed by atoms with Gasteiger partial charge in [-0.2, -0.15) is 0 Å². The summed E-state index contributed by atoms with van der Waals surface area (Å²) in [6, 6.07) is 10.2. The second-order valence-corrected chi connectivity index (χ2v) is 7.83. The Bertz CT molecular complexity index is 446. The molecule has 0 saturated carbocycles. The van der Waals surface area contributed by atoms with Crippen LogP contribution in [0.3, 0.4) is 0 Å². The molecule has 1 aromatic carbocycles. The fraction of sp³-hybridized carbons (Fsp3) is 0.611. The number of hydrogen-bond donors (Lipinski definition) is 1. The summed E-state index contributed by atoms with van der Waals surface area (Å²) in [5.41, 5.74) is 1.25. The van der Waals surface area contributed by atoms with Gasteiger partial charge in [0.2, 0.25) is 5.91 Å². The van der Waals surface area contributed by atoms with Crippen molar-refractivity contribution in [2.45, 2.75) is 53.1 Å². The zero-order chi connectivity index (χ0) is 16.1. The van der Waals surface area contributed by atoms with Crippen LogP contribution in [0.5, 0.6) is 0 Å². The van der Waals surface area contributed by atoms with E-state index in [1.165, 1.54) is 5.56 Å². The van der Waals surface area contributed by atoms with Crippen molar-refractivity contribution in [1.29, 1.82) is 0 Å². The number of nitrogens with zero attached hydrogens (tertiary/aromatic N) is 1. The van der Waals surface area contributed by atoms with Crippen LogP contribution in [0, 0.1) is 5.41 Å². The van der Waals surface area contributed by atoms with Crippen molar-refractivity contribution in [3.8, 4) is 0 Å². The van der Waals surface area contributed by atoms with Gasteiger partial charge in [-0.15, -0.1) is 0 Å². The lowest BCUT2D eigenvalue weighted by molar-refractivity contribution is -0.123. The SMILES string of the molecule is CN(CC(=O)NC(C)(C)CC(C)(C)C)Cc1ccccc1. The fourth-order valence-corrected chi connectivity index (χ4v) is 2.98. The summed E-state index contributed by atoms with van der Waals surface area (Å²) in [5.74, 6) is 0.0858. The lowest BCUT2D eigenvalue weighted by atomic mass is 9.82. The monoisotopic (exact) mass is 290 g/mol. The van der Waals surface area contributed by atoms with Gasteiger partial charge in [-0.05, 0) is 38.3 Å². The van der Waals surface area contributed by atoms with Crippen LogP contribution in [0.1, 0.15) is 46.6 Å². The molecule has 118 valence electrons. The van der Waals surface area contributed by atoms with E-state index in [9.17, 15) is 4.79 Å². The zero-order valence-corrected chi connectivity index (χ0v) is 14.4. The topological polar surface area (TPSA) is 32.3 Å². The number of benzene rings is 1. The van der Waals surface area contributed by atoms with Crippen molar-refractivity contribution in [3.63, 3.8) is 0 Å². The van der Waals surface area contributed by atoms with E-state index in [-0.39, 0.29) is 16.9 Å². The van der Waals surface area contributed by atoms with Gasteiger partial charge in [-0.3, -0.25) is 9.69 Å². The molecule has 0 unspecified atom stereocenters. The normalized spacial score (nSPS) is 12.5. The van der Waals surface area contributed by atoms with Gasteiger partial charge in [0.1, 0.15) is 0 Å². The molecule has 0 atom stereocenters. The molecule has 3 heteroatoms. The number of carbonyl (C=O) groups excluding carboxylic acids is 1. The van der Waals surface area contributed by atoms with E-state index < -0.39 is 0 Å². The van der Waals surface area contributed by atoms with Gasteiger partial charge < -0.3 is 5.32 Å². The molecule has 0 aliphatic rings. The van der Waals surface area contributed by atoms with Gasteiger partial charge in [0, 0.05) is 12.1 Å². The molecule has 1 aromatic rings. The first-order valence-corrected chi connectivity index (χ1v) is 7.61. The molecule has 0 radical (unpaired) electrons. The first-order chi connectivity index (χ1) is 9.57. The second-order valence-electron chi connectivity index (χ2n) is 7.83. The number of nitrogens with one attached hydrogen (secondary N) is 1. The largest absolute Gasteiger partial charge is 0.350 e. The van der Waals surface area contributed by atoms with Crippen LogP contribution in [0.2, 0.25) is 0 Å². The molecule has 1 N–H and O–H groups in total. The Hall–Kier alpha value is -1.35. The van der Waals surface area contributed by atoms with E-state index in [1.54, 1.807) is 0 Å². The maximum atomic E-state index is 12.2. The predicted molar refractivity (Wildman–Crippen MR) is 89.1 cm³/mol.